The highest BCUT2D eigenvalue weighted by Crippen LogP contribution is 2.01. The number of allylic oxidation sites excluding steroid dienone is 1. The van der Waals surface area contributed by atoms with Crippen LogP contribution in [0.2, 0.25) is 0 Å². The van der Waals surface area contributed by atoms with Crippen LogP contribution in [0.25, 0.3) is 6.08 Å². The summed E-state index contributed by atoms with van der Waals surface area (Å²) in [5.41, 5.74) is 2.10. The molecule has 0 fully saturated rings. The summed E-state index contributed by atoms with van der Waals surface area (Å²) >= 11 is 3.37. The van der Waals surface area contributed by atoms with Crippen LogP contribution in [-0.4, -0.2) is 10.3 Å². The zero-order chi connectivity index (χ0) is 8.81. The van der Waals surface area contributed by atoms with E-state index >= 15 is 0 Å². The molecule has 1 heterocycles. The fourth-order valence-corrected chi connectivity index (χ4v) is 1.19. The van der Waals surface area contributed by atoms with Crippen LogP contribution in [0.4, 0.5) is 0 Å². The van der Waals surface area contributed by atoms with Crippen LogP contribution in [0.1, 0.15) is 17.8 Å². The van der Waals surface area contributed by atoms with E-state index in [1.807, 2.05) is 31.2 Å². The molecule has 1 rings (SSSR count). The minimum atomic E-state index is 1.01. The van der Waals surface area contributed by atoms with E-state index in [0.717, 1.165) is 23.1 Å². The normalized spacial score (nSPS) is 10.8. The smallest absolute Gasteiger partial charge is 0.0629 e. The lowest BCUT2D eigenvalue weighted by Crippen LogP contribution is -1.83. The van der Waals surface area contributed by atoms with Gasteiger partial charge in [0.2, 0.25) is 0 Å². The summed E-state index contributed by atoms with van der Waals surface area (Å²) in [4.78, 5) is 4.34. The molecule has 0 spiro atoms. The number of rotatable bonds is 3. The summed E-state index contributed by atoms with van der Waals surface area (Å²) in [6.07, 6.45) is 5.22. The Hall–Kier alpha value is -0.630. The van der Waals surface area contributed by atoms with E-state index in [4.69, 9.17) is 0 Å². The number of halogens is 1. The van der Waals surface area contributed by atoms with Crippen LogP contribution in [-0.2, 0) is 0 Å². The maximum Gasteiger partial charge on any atom is 0.0629 e. The summed E-state index contributed by atoms with van der Waals surface area (Å²) in [6, 6.07) is 6.04. The number of aromatic nitrogens is 1. The second-order valence-corrected chi connectivity index (χ2v) is 3.38. The van der Waals surface area contributed by atoms with Crippen molar-refractivity contribution < 1.29 is 0 Å². The van der Waals surface area contributed by atoms with Gasteiger partial charge in [0.1, 0.15) is 0 Å². The number of alkyl halides is 1. The van der Waals surface area contributed by atoms with E-state index in [1.165, 1.54) is 0 Å². The van der Waals surface area contributed by atoms with Crippen molar-refractivity contribution in [3.8, 4) is 0 Å². The molecular formula is C10H12BrN. The summed E-state index contributed by atoms with van der Waals surface area (Å²) in [5, 5.41) is 1.01. The Balaban J connectivity index is 2.63. The quantitative estimate of drug-likeness (QED) is 0.721. The lowest BCUT2D eigenvalue weighted by Gasteiger charge is -1.93. The van der Waals surface area contributed by atoms with Crippen molar-refractivity contribution in [3.63, 3.8) is 0 Å². The first kappa shape index (κ1) is 9.46. The zero-order valence-electron chi connectivity index (χ0n) is 7.13. The number of nitrogens with zero attached hydrogens (tertiary/aromatic N) is 1. The van der Waals surface area contributed by atoms with Gasteiger partial charge in [0.25, 0.3) is 0 Å². The molecule has 12 heavy (non-hydrogen) atoms. The lowest BCUT2D eigenvalue weighted by atomic mass is 10.3. The largest absolute Gasteiger partial charge is 0.254 e. The van der Waals surface area contributed by atoms with Crippen molar-refractivity contribution in [3.05, 3.63) is 35.7 Å². The first-order chi connectivity index (χ1) is 5.83. The van der Waals surface area contributed by atoms with Crippen LogP contribution >= 0.6 is 15.9 Å². The predicted octanol–water partition coefficient (Wildman–Crippen LogP) is 3.19. The van der Waals surface area contributed by atoms with Gasteiger partial charge in [-0.1, -0.05) is 28.1 Å². The van der Waals surface area contributed by atoms with Gasteiger partial charge in [0, 0.05) is 11.0 Å². The molecule has 0 unspecified atom stereocenters. The highest BCUT2D eigenvalue weighted by molar-refractivity contribution is 9.09. The van der Waals surface area contributed by atoms with E-state index in [2.05, 4.69) is 27.0 Å². The Bertz CT molecular complexity index is 268. The maximum atomic E-state index is 4.34. The Kier molecular flexibility index (Phi) is 4.01. The maximum absolute atomic E-state index is 4.34. The molecule has 1 nitrogen and oxygen atoms in total. The number of hydrogen-bond donors (Lipinski definition) is 0. The molecule has 0 amide bonds. The molecule has 0 aliphatic carbocycles. The highest BCUT2D eigenvalue weighted by Gasteiger charge is 1.87. The minimum absolute atomic E-state index is 1.01. The molecule has 0 radical (unpaired) electrons. The van der Waals surface area contributed by atoms with E-state index in [9.17, 15) is 0 Å². The van der Waals surface area contributed by atoms with Gasteiger partial charge in [0.05, 0.1) is 5.69 Å². The summed E-state index contributed by atoms with van der Waals surface area (Å²) in [5.74, 6) is 0. The Morgan fingerprint density at radius 2 is 2.33 bits per heavy atom. The fourth-order valence-electron chi connectivity index (χ4n) is 0.924. The Labute approximate surface area is 81.7 Å². The van der Waals surface area contributed by atoms with E-state index in [1.54, 1.807) is 0 Å². The van der Waals surface area contributed by atoms with Crippen molar-refractivity contribution in [2.75, 3.05) is 5.33 Å². The highest BCUT2D eigenvalue weighted by atomic mass is 79.9. The summed E-state index contributed by atoms with van der Waals surface area (Å²) in [7, 11) is 0. The predicted molar refractivity (Wildman–Crippen MR) is 56.4 cm³/mol. The minimum Gasteiger partial charge on any atom is -0.254 e. The summed E-state index contributed by atoms with van der Waals surface area (Å²) < 4.78 is 0. The van der Waals surface area contributed by atoms with Gasteiger partial charge in [-0.3, -0.25) is 4.98 Å². The molecule has 0 aromatic carbocycles. The molecule has 2 heteroatoms. The average Bonchev–Trinajstić information content (AvgIpc) is 2.05. The van der Waals surface area contributed by atoms with Gasteiger partial charge < -0.3 is 0 Å². The van der Waals surface area contributed by atoms with Gasteiger partial charge in [-0.25, -0.2) is 0 Å². The van der Waals surface area contributed by atoms with Crippen molar-refractivity contribution in [1.29, 1.82) is 0 Å². The van der Waals surface area contributed by atoms with Crippen molar-refractivity contribution in [2.24, 2.45) is 0 Å². The fraction of sp³-hybridized carbons (Fsp3) is 0.300. The third-order valence-corrected chi connectivity index (χ3v) is 1.93. The molecule has 64 valence electrons. The zero-order valence-corrected chi connectivity index (χ0v) is 8.71. The van der Waals surface area contributed by atoms with Gasteiger partial charge >= 0.3 is 0 Å². The topological polar surface area (TPSA) is 12.9 Å². The third-order valence-electron chi connectivity index (χ3n) is 1.47. The van der Waals surface area contributed by atoms with E-state index in [-0.39, 0.29) is 0 Å². The molecule has 0 saturated heterocycles. The Morgan fingerprint density at radius 3 is 3.00 bits per heavy atom. The van der Waals surface area contributed by atoms with Gasteiger partial charge in [-0.05, 0) is 31.6 Å². The molecule has 1 aromatic rings. The van der Waals surface area contributed by atoms with Crippen LogP contribution < -0.4 is 0 Å². The summed E-state index contributed by atoms with van der Waals surface area (Å²) in [6.45, 7) is 2.00. The first-order valence-electron chi connectivity index (χ1n) is 3.99. The average molecular weight is 226 g/mol. The monoisotopic (exact) mass is 225 g/mol. The molecule has 0 N–H and O–H groups in total. The van der Waals surface area contributed by atoms with Crippen molar-refractivity contribution in [2.45, 2.75) is 13.3 Å². The second-order valence-electron chi connectivity index (χ2n) is 2.58. The van der Waals surface area contributed by atoms with Crippen LogP contribution in [0.3, 0.4) is 0 Å². The molecular weight excluding hydrogens is 214 g/mol. The van der Waals surface area contributed by atoms with Gasteiger partial charge in [0.15, 0.2) is 0 Å². The van der Waals surface area contributed by atoms with Crippen molar-refractivity contribution in [1.82, 2.24) is 4.98 Å². The van der Waals surface area contributed by atoms with Gasteiger partial charge in [-0.2, -0.15) is 0 Å². The lowest BCUT2D eigenvalue weighted by molar-refractivity contribution is 1.17. The molecule has 0 aliphatic rings. The number of aryl methyl sites for hydroxylation is 1. The molecule has 0 atom stereocenters. The third kappa shape index (κ3) is 3.18. The van der Waals surface area contributed by atoms with Crippen LogP contribution in [0.5, 0.6) is 0 Å². The van der Waals surface area contributed by atoms with E-state index in [0.29, 0.717) is 0 Å². The van der Waals surface area contributed by atoms with E-state index < -0.39 is 0 Å². The molecule has 0 saturated carbocycles. The molecule has 0 bridgehead atoms. The Morgan fingerprint density at radius 1 is 1.50 bits per heavy atom. The SMILES string of the molecule is Cc1cccc(C=CCCBr)n1. The number of pyridine rings is 1. The second kappa shape index (κ2) is 5.09. The first-order valence-corrected chi connectivity index (χ1v) is 5.11. The van der Waals surface area contributed by atoms with Crippen molar-refractivity contribution >= 4 is 22.0 Å². The molecule has 0 aliphatic heterocycles. The standard InChI is InChI=1S/C10H12BrN/c1-9-5-4-7-10(12-9)6-2-3-8-11/h2,4-7H,3,8H2,1H3. The number of hydrogen-bond acceptors (Lipinski definition) is 1. The van der Waals surface area contributed by atoms with Gasteiger partial charge in [-0.15, -0.1) is 0 Å². The van der Waals surface area contributed by atoms with Crippen LogP contribution in [0, 0.1) is 6.92 Å². The van der Waals surface area contributed by atoms with Crippen LogP contribution in [0.15, 0.2) is 24.3 Å². The molecule has 1 aromatic heterocycles.